The van der Waals surface area contributed by atoms with Gasteiger partial charge in [0, 0.05) is 18.3 Å². The van der Waals surface area contributed by atoms with Gasteiger partial charge >= 0.3 is 17.9 Å². The highest BCUT2D eigenvalue weighted by molar-refractivity contribution is 6.07. The van der Waals surface area contributed by atoms with Crippen LogP contribution in [0.25, 0.3) is 0 Å². The van der Waals surface area contributed by atoms with Crippen molar-refractivity contribution in [2.24, 2.45) is 0 Å². The maximum absolute atomic E-state index is 12.6. The molecular formula is C20H21NO8. The van der Waals surface area contributed by atoms with Gasteiger partial charge < -0.3 is 28.6 Å². The van der Waals surface area contributed by atoms with E-state index in [1.54, 1.807) is 12.2 Å². The number of benzene rings is 1. The number of allylic oxidation sites excluding steroid dienone is 2. The number of nitrogens with zero attached hydrogens (tertiary/aromatic N) is 1. The summed E-state index contributed by atoms with van der Waals surface area (Å²) < 4.78 is 25.1. The van der Waals surface area contributed by atoms with E-state index in [-0.39, 0.29) is 28.3 Å². The van der Waals surface area contributed by atoms with Crippen molar-refractivity contribution in [3.8, 4) is 11.5 Å². The molecule has 0 bridgehead atoms. The van der Waals surface area contributed by atoms with Gasteiger partial charge in [0.25, 0.3) is 0 Å². The molecule has 9 heteroatoms. The van der Waals surface area contributed by atoms with Gasteiger partial charge in [0.1, 0.15) is 5.70 Å². The largest absolute Gasteiger partial charge is 0.493 e. The van der Waals surface area contributed by atoms with Crippen LogP contribution in [0, 0.1) is 0 Å². The molecular weight excluding hydrogens is 382 g/mol. The molecule has 1 aliphatic heterocycles. The van der Waals surface area contributed by atoms with E-state index in [1.807, 2.05) is 0 Å². The number of carbonyl (C=O) groups excluding carboxylic acids is 3. The third-order valence-corrected chi connectivity index (χ3v) is 4.06. The average molecular weight is 403 g/mol. The minimum Gasteiger partial charge on any atom is -0.493 e. The molecule has 29 heavy (non-hydrogen) atoms. The number of anilines is 1. The van der Waals surface area contributed by atoms with E-state index >= 15 is 0 Å². The van der Waals surface area contributed by atoms with Gasteiger partial charge in [0.2, 0.25) is 0 Å². The fourth-order valence-corrected chi connectivity index (χ4v) is 2.69. The zero-order valence-corrected chi connectivity index (χ0v) is 16.7. The molecule has 0 aromatic heterocycles. The maximum Gasteiger partial charge on any atom is 0.355 e. The summed E-state index contributed by atoms with van der Waals surface area (Å²) in [5, 5.41) is 0. The van der Waals surface area contributed by atoms with Crippen molar-refractivity contribution in [2.75, 3.05) is 40.4 Å². The lowest BCUT2D eigenvalue weighted by Gasteiger charge is -2.25. The Labute approximate surface area is 167 Å². The Balaban J connectivity index is 2.86. The lowest BCUT2D eigenvalue weighted by molar-refractivity contribution is -0.139. The van der Waals surface area contributed by atoms with Crippen LogP contribution >= 0.6 is 0 Å². The number of carbonyl (C=O) groups is 3. The first-order valence-corrected chi connectivity index (χ1v) is 8.32. The molecule has 1 aromatic rings. The quantitative estimate of drug-likeness (QED) is 0.521. The van der Waals surface area contributed by atoms with Crippen molar-refractivity contribution in [3.05, 3.63) is 53.4 Å². The molecule has 1 aliphatic rings. The molecule has 0 aliphatic carbocycles. The van der Waals surface area contributed by atoms with Crippen LogP contribution in [-0.2, 0) is 23.8 Å². The van der Waals surface area contributed by atoms with Crippen LogP contribution in [0.15, 0.2) is 47.8 Å². The predicted molar refractivity (Wildman–Crippen MR) is 103 cm³/mol. The van der Waals surface area contributed by atoms with Crippen LogP contribution in [-0.4, -0.2) is 53.5 Å². The Hall–Kier alpha value is -3.75. The number of hydrogen-bond acceptors (Lipinski definition) is 9. The van der Waals surface area contributed by atoms with Gasteiger partial charge in [-0.1, -0.05) is 6.08 Å². The minimum absolute atomic E-state index is 0.0602. The summed E-state index contributed by atoms with van der Waals surface area (Å²) in [4.78, 5) is 38.7. The molecule has 0 fully saturated rings. The van der Waals surface area contributed by atoms with Crippen molar-refractivity contribution < 1.29 is 38.1 Å². The first-order valence-electron chi connectivity index (χ1n) is 8.32. The van der Waals surface area contributed by atoms with Crippen molar-refractivity contribution >= 4 is 23.6 Å². The van der Waals surface area contributed by atoms with E-state index < -0.39 is 17.9 Å². The third-order valence-electron chi connectivity index (χ3n) is 4.06. The van der Waals surface area contributed by atoms with Gasteiger partial charge in [-0.2, -0.15) is 0 Å². The van der Waals surface area contributed by atoms with Crippen molar-refractivity contribution in [1.29, 1.82) is 0 Å². The highest BCUT2D eigenvalue weighted by Gasteiger charge is 2.31. The molecule has 1 aromatic carbocycles. The predicted octanol–water partition coefficient (Wildman–Crippen LogP) is 1.98. The Bertz CT molecular complexity index is 913. The lowest BCUT2D eigenvalue weighted by Crippen LogP contribution is -2.28. The smallest absolute Gasteiger partial charge is 0.355 e. The third kappa shape index (κ3) is 4.23. The molecule has 0 N–H and O–H groups in total. The van der Waals surface area contributed by atoms with Crippen molar-refractivity contribution in [3.63, 3.8) is 0 Å². The molecule has 1 heterocycles. The first kappa shape index (κ1) is 21.5. The summed E-state index contributed by atoms with van der Waals surface area (Å²) in [6, 6.07) is 2.90. The van der Waals surface area contributed by atoms with E-state index in [4.69, 9.17) is 23.7 Å². The molecule has 0 atom stereocenters. The fourth-order valence-electron chi connectivity index (χ4n) is 2.69. The average Bonchev–Trinajstić information content (AvgIpc) is 2.99. The van der Waals surface area contributed by atoms with E-state index in [9.17, 15) is 14.4 Å². The Morgan fingerprint density at radius 2 is 1.34 bits per heavy atom. The summed E-state index contributed by atoms with van der Waals surface area (Å²) in [5.41, 5.74) is 0.0650. The van der Waals surface area contributed by atoms with Gasteiger partial charge in [0.05, 0.1) is 52.4 Å². The van der Waals surface area contributed by atoms with Crippen molar-refractivity contribution in [1.82, 2.24) is 0 Å². The number of methoxy groups -OCH3 is 5. The molecule has 0 amide bonds. The van der Waals surface area contributed by atoms with Crippen molar-refractivity contribution in [2.45, 2.75) is 0 Å². The van der Waals surface area contributed by atoms with Gasteiger partial charge in [-0.05, 0) is 12.2 Å². The zero-order chi connectivity index (χ0) is 21.6. The summed E-state index contributed by atoms with van der Waals surface area (Å²) in [5.74, 6) is -1.67. The van der Waals surface area contributed by atoms with Crippen LogP contribution in [0.4, 0.5) is 5.69 Å². The SMILES string of the molecule is COC(=O)C1=C(C(=O)OC)N(c2cc(OC)c(OC)cc2C(=O)OC)C=CC=C1. The molecule has 154 valence electrons. The molecule has 0 radical (unpaired) electrons. The monoisotopic (exact) mass is 403 g/mol. The first-order chi connectivity index (χ1) is 13.9. The van der Waals surface area contributed by atoms with Crippen LogP contribution < -0.4 is 14.4 Å². The molecule has 2 rings (SSSR count). The summed E-state index contributed by atoms with van der Waals surface area (Å²) in [6.45, 7) is 0. The molecule has 0 spiro atoms. The van der Waals surface area contributed by atoms with Crippen LogP contribution in [0.2, 0.25) is 0 Å². The molecule has 0 unspecified atom stereocenters. The van der Waals surface area contributed by atoms with E-state index in [0.29, 0.717) is 5.75 Å². The highest BCUT2D eigenvalue weighted by atomic mass is 16.5. The molecule has 0 saturated heterocycles. The Morgan fingerprint density at radius 1 is 0.759 bits per heavy atom. The zero-order valence-electron chi connectivity index (χ0n) is 16.7. The second-order valence-corrected chi connectivity index (χ2v) is 5.53. The summed E-state index contributed by atoms with van der Waals surface area (Å²) in [6.07, 6.45) is 6.03. The van der Waals surface area contributed by atoms with Gasteiger partial charge in [0.15, 0.2) is 11.5 Å². The molecule has 0 saturated carbocycles. The summed E-state index contributed by atoms with van der Waals surface area (Å²) >= 11 is 0. The number of rotatable bonds is 6. The van der Waals surface area contributed by atoms with E-state index in [0.717, 1.165) is 0 Å². The van der Waals surface area contributed by atoms with Gasteiger partial charge in [-0.25, -0.2) is 14.4 Å². The lowest BCUT2D eigenvalue weighted by atomic mass is 10.1. The van der Waals surface area contributed by atoms with Crippen LogP contribution in [0.5, 0.6) is 11.5 Å². The maximum atomic E-state index is 12.6. The Kier molecular flexibility index (Phi) is 7.02. The number of esters is 3. The fraction of sp³-hybridized carbons (Fsp3) is 0.250. The van der Waals surface area contributed by atoms with Gasteiger partial charge in [-0.3, -0.25) is 0 Å². The Morgan fingerprint density at radius 3 is 1.90 bits per heavy atom. The van der Waals surface area contributed by atoms with Crippen LogP contribution in [0.1, 0.15) is 10.4 Å². The normalized spacial score (nSPS) is 12.9. The highest BCUT2D eigenvalue weighted by Crippen LogP contribution is 2.38. The van der Waals surface area contributed by atoms with E-state index in [1.165, 1.54) is 64.9 Å². The number of hydrogen-bond donors (Lipinski definition) is 0. The standard InChI is InChI=1S/C20H21NO8/c1-25-15-10-13(19(23)28-4)14(11-16(15)26-2)21-9-7-6-8-12(18(22)27-3)17(21)20(24)29-5/h6-11H,1-5H3. The second-order valence-electron chi connectivity index (χ2n) is 5.53. The summed E-state index contributed by atoms with van der Waals surface area (Å²) in [7, 11) is 6.44. The second kappa shape index (κ2) is 9.45. The van der Waals surface area contributed by atoms with E-state index in [2.05, 4.69) is 0 Å². The number of ether oxygens (including phenoxy) is 5. The van der Waals surface area contributed by atoms with Gasteiger partial charge in [-0.15, -0.1) is 0 Å². The topological polar surface area (TPSA) is 101 Å². The minimum atomic E-state index is -0.813. The molecule has 9 nitrogen and oxygen atoms in total. The van der Waals surface area contributed by atoms with Crippen LogP contribution in [0.3, 0.4) is 0 Å².